The Morgan fingerprint density at radius 2 is 1.51 bits per heavy atom. The predicted molar refractivity (Wildman–Crippen MR) is 141 cm³/mol. The van der Waals surface area contributed by atoms with Gasteiger partial charge in [0.2, 0.25) is 5.43 Å². The predicted octanol–water partition coefficient (Wildman–Crippen LogP) is 6.87. The van der Waals surface area contributed by atoms with E-state index in [1.807, 2.05) is 53.7 Å². The molecule has 1 N–H and O–H groups in total. The summed E-state index contributed by atoms with van der Waals surface area (Å²) in [5.41, 5.74) is 3.79. The topological polar surface area (TPSA) is 78.1 Å². The lowest BCUT2D eigenvalue weighted by molar-refractivity contribution is 0.293. The second kappa shape index (κ2) is 11.3. The third-order valence-corrected chi connectivity index (χ3v) is 5.71. The molecular weight excluding hydrogens is 444 g/mol. The van der Waals surface area contributed by atoms with E-state index in [-0.39, 0.29) is 22.1 Å². The van der Waals surface area contributed by atoms with Gasteiger partial charge in [0.1, 0.15) is 28.1 Å². The summed E-state index contributed by atoms with van der Waals surface area (Å²) in [4.78, 5) is 13.9. The van der Waals surface area contributed by atoms with E-state index in [4.69, 9.17) is 18.6 Å². The molecule has 0 atom stereocenters. The van der Waals surface area contributed by atoms with Gasteiger partial charge in [0.05, 0.1) is 25.7 Å². The van der Waals surface area contributed by atoms with Gasteiger partial charge in [-0.3, -0.25) is 4.79 Å². The van der Waals surface area contributed by atoms with Crippen LogP contribution in [0.3, 0.4) is 0 Å². The Bertz CT molecular complexity index is 1340. The van der Waals surface area contributed by atoms with Crippen LogP contribution in [-0.4, -0.2) is 25.4 Å². The van der Waals surface area contributed by atoms with E-state index in [2.05, 4.69) is 0 Å². The lowest BCUT2D eigenvalue weighted by atomic mass is 9.98. The zero-order chi connectivity index (χ0) is 25.7. The molecule has 0 radical (unpaired) electrons. The van der Waals surface area contributed by atoms with Crippen molar-refractivity contribution < 1.29 is 23.7 Å². The van der Waals surface area contributed by atoms with Gasteiger partial charge in [-0.25, -0.2) is 0 Å². The number of ether oxygens (including phenoxy) is 3. The van der Waals surface area contributed by atoms with Crippen LogP contribution in [0.1, 0.15) is 59.1 Å². The van der Waals surface area contributed by atoms with Crippen LogP contribution in [0.25, 0.3) is 21.9 Å². The standard InChI is InChI=1S/C29H36O6/c1-8-14-34-24-16-22-25(20(29(24)32-7)13-11-18(5)6)28(31)26-23(35-22)15-21(33-9-2)19(27(26)30)12-10-17(3)4/h10-11,15-16,30H,8-9,12-14H2,1-7H3. The summed E-state index contributed by atoms with van der Waals surface area (Å²) in [5.74, 6) is 1.41. The fourth-order valence-corrected chi connectivity index (χ4v) is 4.03. The Morgan fingerprint density at radius 1 is 0.914 bits per heavy atom. The quantitative estimate of drug-likeness (QED) is 0.252. The van der Waals surface area contributed by atoms with E-state index in [0.29, 0.717) is 65.4 Å². The van der Waals surface area contributed by atoms with Crippen LogP contribution in [0.15, 0.2) is 44.6 Å². The summed E-state index contributed by atoms with van der Waals surface area (Å²) in [6.45, 7) is 12.8. The van der Waals surface area contributed by atoms with Gasteiger partial charge in [0.25, 0.3) is 0 Å². The minimum atomic E-state index is -0.308. The fraction of sp³-hybridized carbons (Fsp3) is 0.414. The Balaban J connectivity index is 2.45. The van der Waals surface area contributed by atoms with Crippen molar-refractivity contribution in [3.05, 3.63) is 56.8 Å². The maximum Gasteiger partial charge on any atom is 0.204 e. The van der Waals surface area contributed by atoms with Gasteiger partial charge >= 0.3 is 0 Å². The van der Waals surface area contributed by atoms with Crippen LogP contribution in [-0.2, 0) is 12.8 Å². The number of methoxy groups -OCH3 is 1. The Hall–Kier alpha value is -3.41. The first-order valence-corrected chi connectivity index (χ1v) is 12.1. The molecule has 0 bridgehead atoms. The average Bonchev–Trinajstić information content (AvgIpc) is 2.80. The molecule has 1 aromatic heterocycles. The smallest absolute Gasteiger partial charge is 0.204 e. The molecule has 0 amide bonds. The van der Waals surface area contributed by atoms with E-state index in [9.17, 15) is 9.90 Å². The maximum atomic E-state index is 13.9. The van der Waals surface area contributed by atoms with Crippen LogP contribution in [0.4, 0.5) is 0 Å². The number of phenols is 1. The lowest BCUT2D eigenvalue weighted by Gasteiger charge is -2.17. The van der Waals surface area contributed by atoms with Gasteiger partial charge in [-0.1, -0.05) is 30.2 Å². The number of aromatic hydroxyl groups is 1. The number of benzene rings is 2. The molecule has 0 aliphatic rings. The van der Waals surface area contributed by atoms with Crippen LogP contribution in [0.5, 0.6) is 23.0 Å². The molecule has 0 fully saturated rings. The number of hydrogen-bond acceptors (Lipinski definition) is 6. The lowest BCUT2D eigenvalue weighted by Crippen LogP contribution is -2.10. The molecule has 188 valence electrons. The molecule has 6 nitrogen and oxygen atoms in total. The monoisotopic (exact) mass is 480 g/mol. The largest absolute Gasteiger partial charge is 0.507 e. The first-order valence-electron chi connectivity index (χ1n) is 12.1. The number of phenolic OH excluding ortho intramolecular Hbond substituents is 1. The van der Waals surface area contributed by atoms with Crippen LogP contribution >= 0.6 is 0 Å². The summed E-state index contributed by atoms with van der Waals surface area (Å²) in [6, 6.07) is 3.39. The highest BCUT2D eigenvalue weighted by atomic mass is 16.5. The Kier molecular flexibility index (Phi) is 8.49. The molecule has 0 saturated carbocycles. The zero-order valence-electron chi connectivity index (χ0n) is 21.8. The van der Waals surface area contributed by atoms with Crippen molar-refractivity contribution in [2.45, 2.75) is 60.8 Å². The van der Waals surface area contributed by atoms with Crippen molar-refractivity contribution in [2.24, 2.45) is 0 Å². The number of allylic oxidation sites excluding steroid dienone is 4. The number of fused-ring (bicyclic) bond motifs is 2. The highest BCUT2D eigenvalue weighted by Gasteiger charge is 2.24. The zero-order valence-corrected chi connectivity index (χ0v) is 21.8. The SMILES string of the molecule is CCCOc1cc2oc3cc(OCC)c(CC=C(C)C)c(O)c3c(=O)c2c(CC=C(C)C)c1OC. The van der Waals surface area contributed by atoms with Gasteiger partial charge in [-0.05, 0) is 53.9 Å². The summed E-state index contributed by atoms with van der Waals surface area (Å²) in [6.07, 6.45) is 5.75. The highest BCUT2D eigenvalue weighted by Crippen LogP contribution is 2.41. The fourth-order valence-electron chi connectivity index (χ4n) is 4.03. The van der Waals surface area contributed by atoms with Crippen molar-refractivity contribution in [3.8, 4) is 23.0 Å². The molecule has 35 heavy (non-hydrogen) atoms. The number of rotatable bonds is 10. The van der Waals surface area contributed by atoms with E-state index < -0.39 is 0 Å². The minimum Gasteiger partial charge on any atom is -0.507 e. The van der Waals surface area contributed by atoms with E-state index in [1.165, 1.54) is 0 Å². The molecular formula is C29H36O6. The summed E-state index contributed by atoms with van der Waals surface area (Å²) in [5, 5.41) is 11.8. The first-order chi connectivity index (χ1) is 16.7. The molecule has 6 heteroatoms. The molecule has 3 rings (SSSR count). The van der Waals surface area contributed by atoms with Gasteiger partial charge in [0.15, 0.2) is 11.5 Å². The molecule has 0 aliphatic heterocycles. The van der Waals surface area contributed by atoms with Crippen molar-refractivity contribution in [2.75, 3.05) is 20.3 Å². The van der Waals surface area contributed by atoms with Crippen LogP contribution in [0, 0.1) is 0 Å². The molecule has 0 aliphatic carbocycles. The first kappa shape index (κ1) is 26.2. The van der Waals surface area contributed by atoms with Crippen molar-refractivity contribution in [1.82, 2.24) is 0 Å². The molecule has 0 spiro atoms. The van der Waals surface area contributed by atoms with E-state index in [0.717, 1.165) is 17.6 Å². The normalized spacial score (nSPS) is 10.9. The molecule has 3 aromatic rings. The van der Waals surface area contributed by atoms with Gasteiger partial charge in [-0.15, -0.1) is 0 Å². The van der Waals surface area contributed by atoms with E-state index >= 15 is 0 Å². The third kappa shape index (κ3) is 5.47. The third-order valence-electron chi connectivity index (χ3n) is 5.71. The average molecular weight is 481 g/mol. The van der Waals surface area contributed by atoms with Crippen molar-refractivity contribution in [1.29, 1.82) is 0 Å². The molecule has 0 unspecified atom stereocenters. The highest BCUT2D eigenvalue weighted by molar-refractivity contribution is 5.98. The van der Waals surface area contributed by atoms with Crippen LogP contribution in [0.2, 0.25) is 0 Å². The second-order valence-corrected chi connectivity index (χ2v) is 9.02. The van der Waals surface area contributed by atoms with Crippen LogP contribution < -0.4 is 19.6 Å². The minimum absolute atomic E-state index is 0.113. The van der Waals surface area contributed by atoms with Gasteiger partial charge < -0.3 is 23.7 Å². The van der Waals surface area contributed by atoms with E-state index in [1.54, 1.807) is 19.2 Å². The maximum absolute atomic E-state index is 13.9. The summed E-state index contributed by atoms with van der Waals surface area (Å²) >= 11 is 0. The second-order valence-electron chi connectivity index (χ2n) is 9.02. The summed E-state index contributed by atoms with van der Waals surface area (Å²) < 4.78 is 23.7. The van der Waals surface area contributed by atoms with Crippen molar-refractivity contribution in [3.63, 3.8) is 0 Å². The number of hydrogen-bond donors (Lipinski definition) is 1. The molecule has 2 aromatic carbocycles. The Morgan fingerprint density at radius 3 is 2.09 bits per heavy atom. The van der Waals surface area contributed by atoms with Crippen molar-refractivity contribution >= 4 is 21.9 Å². The summed E-state index contributed by atoms with van der Waals surface area (Å²) in [7, 11) is 1.57. The van der Waals surface area contributed by atoms with Gasteiger partial charge in [-0.2, -0.15) is 0 Å². The molecule has 0 saturated heterocycles. The molecule has 1 heterocycles. The van der Waals surface area contributed by atoms with Gasteiger partial charge in [0, 0.05) is 23.3 Å². The Labute approximate surface area is 206 Å².